The molecule has 0 bridgehead atoms. The lowest BCUT2D eigenvalue weighted by atomic mass is 9.98. The van der Waals surface area contributed by atoms with Crippen LogP contribution in [0.2, 0.25) is 0 Å². The van der Waals surface area contributed by atoms with Crippen LogP contribution in [0.4, 0.5) is 0 Å². The van der Waals surface area contributed by atoms with E-state index in [9.17, 15) is 0 Å². The molecule has 0 fully saturated rings. The van der Waals surface area contributed by atoms with Crippen LogP contribution in [0.3, 0.4) is 0 Å². The molecule has 0 saturated carbocycles. The summed E-state index contributed by atoms with van der Waals surface area (Å²) in [6.07, 6.45) is 1.98. The Hall–Kier alpha value is -1.19. The smallest absolute Gasteiger partial charge is 0.107 e. The topological polar surface area (TPSA) is 24.9 Å². The number of benzene rings is 1. The van der Waals surface area contributed by atoms with E-state index >= 15 is 0 Å². The predicted octanol–water partition coefficient (Wildman–Crippen LogP) is 3.45. The molecule has 17 heavy (non-hydrogen) atoms. The van der Waals surface area contributed by atoms with Crippen LogP contribution in [0.25, 0.3) is 10.4 Å². The quantitative estimate of drug-likeness (QED) is 0.897. The van der Waals surface area contributed by atoms with Crippen molar-refractivity contribution < 1.29 is 0 Å². The first-order chi connectivity index (χ1) is 8.13. The molecular weight excluding hydrogens is 228 g/mol. The molecule has 0 aliphatic heterocycles. The maximum Gasteiger partial charge on any atom is 0.107 e. The number of thiazole rings is 1. The molecule has 2 rings (SSSR count). The van der Waals surface area contributed by atoms with Gasteiger partial charge in [0.2, 0.25) is 0 Å². The number of nitrogens with zero attached hydrogens (tertiary/aromatic N) is 1. The van der Waals surface area contributed by atoms with Crippen LogP contribution in [-0.2, 0) is 6.54 Å². The third-order valence-electron chi connectivity index (χ3n) is 3.21. The molecule has 90 valence electrons. The molecule has 0 aliphatic rings. The van der Waals surface area contributed by atoms with Crippen LogP contribution < -0.4 is 5.32 Å². The van der Waals surface area contributed by atoms with E-state index in [1.165, 1.54) is 27.1 Å². The van der Waals surface area contributed by atoms with E-state index in [1.807, 2.05) is 13.2 Å². The van der Waals surface area contributed by atoms with Gasteiger partial charge < -0.3 is 5.32 Å². The zero-order valence-corrected chi connectivity index (χ0v) is 11.6. The van der Waals surface area contributed by atoms with Gasteiger partial charge in [-0.3, -0.25) is 0 Å². The number of hydrogen-bond acceptors (Lipinski definition) is 3. The summed E-state index contributed by atoms with van der Waals surface area (Å²) in [5.74, 6) is 0. The molecule has 1 aromatic heterocycles. The summed E-state index contributed by atoms with van der Waals surface area (Å²) in [7, 11) is 1.95. The molecular formula is C14H18N2S. The second kappa shape index (κ2) is 4.98. The molecule has 0 radical (unpaired) electrons. The summed E-state index contributed by atoms with van der Waals surface area (Å²) >= 11 is 1.77. The van der Waals surface area contributed by atoms with Crippen molar-refractivity contribution in [2.75, 3.05) is 7.05 Å². The molecule has 0 saturated heterocycles. The summed E-state index contributed by atoms with van der Waals surface area (Å²) in [6.45, 7) is 7.37. The first-order valence-electron chi connectivity index (χ1n) is 5.80. The highest BCUT2D eigenvalue weighted by molar-refractivity contribution is 7.15. The van der Waals surface area contributed by atoms with Gasteiger partial charge in [0.15, 0.2) is 0 Å². The Morgan fingerprint density at radius 1 is 1.18 bits per heavy atom. The molecule has 0 amide bonds. The van der Waals surface area contributed by atoms with E-state index in [0.29, 0.717) is 0 Å². The van der Waals surface area contributed by atoms with E-state index in [-0.39, 0.29) is 0 Å². The van der Waals surface area contributed by atoms with Crippen LogP contribution in [0, 0.1) is 20.8 Å². The first kappa shape index (κ1) is 12.3. The third-order valence-corrected chi connectivity index (χ3v) is 4.24. The lowest BCUT2D eigenvalue weighted by Crippen LogP contribution is -2.03. The van der Waals surface area contributed by atoms with Gasteiger partial charge in [-0.1, -0.05) is 12.1 Å². The van der Waals surface area contributed by atoms with E-state index in [2.05, 4.69) is 43.2 Å². The molecule has 0 atom stereocenters. The van der Waals surface area contributed by atoms with Crippen molar-refractivity contribution in [2.24, 2.45) is 0 Å². The fourth-order valence-corrected chi connectivity index (χ4v) is 2.90. The number of rotatable bonds is 3. The Morgan fingerprint density at radius 3 is 2.65 bits per heavy atom. The summed E-state index contributed by atoms with van der Waals surface area (Å²) in [6, 6.07) is 4.39. The van der Waals surface area contributed by atoms with Crippen molar-refractivity contribution in [2.45, 2.75) is 27.3 Å². The number of aromatic nitrogens is 1. The highest BCUT2D eigenvalue weighted by atomic mass is 32.1. The number of hydrogen-bond donors (Lipinski definition) is 1. The highest BCUT2D eigenvalue weighted by Crippen LogP contribution is 2.31. The molecule has 0 aliphatic carbocycles. The van der Waals surface area contributed by atoms with Crippen molar-refractivity contribution in [1.29, 1.82) is 0 Å². The Bertz CT molecular complexity index is 529. The monoisotopic (exact) mass is 246 g/mol. The number of nitrogens with one attached hydrogen (secondary N) is 1. The minimum atomic E-state index is 0.842. The highest BCUT2D eigenvalue weighted by Gasteiger charge is 2.09. The Balaban J connectivity index is 2.42. The van der Waals surface area contributed by atoms with Crippen LogP contribution in [-0.4, -0.2) is 12.0 Å². The van der Waals surface area contributed by atoms with Gasteiger partial charge in [0.1, 0.15) is 5.01 Å². The van der Waals surface area contributed by atoms with Crippen molar-refractivity contribution in [3.05, 3.63) is 40.0 Å². The summed E-state index contributed by atoms with van der Waals surface area (Å²) in [5.41, 5.74) is 5.41. The average Bonchev–Trinajstić information content (AvgIpc) is 2.75. The zero-order chi connectivity index (χ0) is 12.4. The summed E-state index contributed by atoms with van der Waals surface area (Å²) < 4.78 is 0. The third kappa shape index (κ3) is 2.40. The molecule has 0 spiro atoms. The fourth-order valence-electron chi connectivity index (χ4n) is 1.89. The van der Waals surface area contributed by atoms with Crippen LogP contribution >= 0.6 is 11.3 Å². The van der Waals surface area contributed by atoms with E-state index in [0.717, 1.165) is 11.6 Å². The maximum absolute atomic E-state index is 4.43. The lowest BCUT2D eigenvalue weighted by molar-refractivity contribution is 0.810. The standard InChI is InChI=1S/C14H18N2S/c1-9-5-6-12(11(3)10(9)2)13-7-16-14(17-13)8-15-4/h5-7,15H,8H2,1-4H3. The lowest BCUT2D eigenvalue weighted by Gasteiger charge is -2.09. The van der Waals surface area contributed by atoms with Gasteiger partial charge in [-0.15, -0.1) is 11.3 Å². The Morgan fingerprint density at radius 2 is 1.94 bits per heavy atom. The van der Waals surface area contributed by atoms with Gasteiger partial charge >= 0.3 is 0 Å². The van der Waals surface area contributed by atoms with Crippen molar-refractivity contribution in [1.82, 2.24) is 10.3 Å². The minimum Gasteiger partial charge on any atom is -0.314 e. The molecule has 0 unspecified atom stereocenters. The van der Waals surface area contributed by atoms with Gasteiger partial charge in [-0.2, -0.15) is 0 Å². The van der Waals surface area contributed by atoms with E-state index < -0.39 is 0 Å². The van der Waals surface area contributed by atoms with Crippen molar-refractivity contribution in [3.63, 3.8) is 0 Å². The Labute approximate surface area is 107 Å². The molecule has 1 N–H and O–H groups in total. The summed E-state index contributed by atoms with van der Waals surface area (Å²) in [5, 5.41) is 4.27. The van der Waals surface area contributed by atoms with Crippen LogP contribution in [0.15, 0.2) is 18.3 Å². The van der Waals surface area contributed by atoms with Crippen molar-refractivity contribution >= 4 is 11.3 Å². The Kier molecular flexibility index (Phi) is 3.60. The summed E-state index contributed by atoms with van der Waals surface area (Å²) in [4.78, 5) is 5.69. The van der Waals surface area contributed by atoms with Crippen molar-refractivity contribution in [3.8, 4) is 10.4 Å². The van der Waals surface area contributed by atoms with Crippen LogP contribution in [0.5, 0.6) is 0 Å². The zero-order valence-electron chi connectivity index (χ0n) is 10.8. The van der Waals surface area contributed by atoms with Gasteiger partial charge in [0, 0.05) is 12.7 Å². The van der Waals surface area contributed by atoms with Gasteiger partial charge in [-0.25, -0.2) is 4.98 Å². The normalized spacial score (nSPS) is 10.8. The molecule has 2 aromatic rings. The second-order valence-corrected chi connectivity index (χ2v) is 5.44. The van der Waals surface area contributed by atoms with Gasteiger partial charge in [0.05, 0.1) is 4.88 Å². The minimum absolute atomic E-state index is 0.842. The van der Waals surface area contributed by atoms with Crippen LogP contribution in [0.1, 0.15) is 21.7 Å². The van der Waals surface area contributed by atoms with Gasteiger partial charge in [0.25, 0.3) is 0 Å². The fraction of sp³-hybridized carbons (Fsp3) is 0.357. The first-order valence-corrected chi connectivity index (χ1v) is 6.61. The molecule has 1 aromatic carbocycles. The van der Waals surface area contributed by atoms with E-state index in [1.54, 1.807) is 11.3 Å². The number of aryl methyl sites for hydroxylation is 1. The maximum atomic E-state index is 4.43. The molecule has 3 heteroatoms. The molecule has 1 heterocycles. The van der Waals surface area contributed by atoms with E-state index in [4.69, 9.17) is 0 Å². The van der Waals surface area contributed by atoms with Gasteiger partial charge in [-0.05, 0) is 50.1 Å². The molecule has 2 nitrogen and oxygen atoms in total. The average molecular weight is 246 g/mol. The predicted molar refractivity (Wildman–Crippen MR) is 74.5 cm³/mol. The largest absolute Gasteiger partial charge is 0.314 e. The second-order valence-electron chi connectivity index (χ2n) is 4.33. The SMILES string of the molecule is CNCc1ncc(-c2ccc(C)c(C)c2C)s1.